The molecule has 2 aliphatic rings. The first-order valence-electron chi connectivity index (χ1n) is 16.9. The fourth-order valence-electron chi connectivity index (χ4n) is 5.54. The zero-order chi connectivity index (χ0) is 36.2. The Hall–Kier alpha value is -3.37. The van der Waals surface area contributed by atoms with Gasteiger partial charge in [0.2, 0.25) is 5.90 Å². The van der Waals surface area contributed by atoms with E-state index in [1.807, 2.05) is 51.1 Å². The minimum atomic E-state index is -2.38. The zero-order valence-corrected chi connectivity index (χ0v) is 32.3. The van der Waals surface area contributed by atoms with Crippen LogP contribution >= 0.6 is 0 Å². The van der Waals surface area contributed by atoms with Gasteiger partial charge in [0.15, 0.2) is 14.1 Å². The van der Waals surface area contributed by atoms with Crippen molar-refractivity contribution in [3.05, 3.63) is 72.8 Å². The highest BCUT2D eigenvalue weighted by molar-refractivity contribution is 6.74. The molecule has 1 heterocycles. The lowest BCUT2D eigenvalue weighted by Gasteiger charge is -2.44. The molecule has 266 valence electrons. The summed E-state index contributed by atoms with van der Waals surface area (Å²) in [5, 5.41) is -0.119. The Bertz CT molecular complexity index is 1390. The molecule has 0 aromatic heterocycles. The van der Waals surface area contributed by atoms with Gasteiger partial charge in [-0.05, 0) is 82.0 Å². The Kier molecular flexibility index (Phi) is 12.2. The molecule has 3 rings (SSSR count). The second kappa shape index (κ2) is 15.0. The van der Waals surface area contributed by atoms with E-state index in [-0.39, 0.29) is 41.2 Å². The second-order valence-electron chi connectivity index (χ2n) is 16.1. The summed E-state index contributed by atoms with van der Waals surface area (Å²) in [6, 6.07) is 9.18. The summed E-state index contributed by atoms with van der Waals surface area (Å²) in [6.45, 7) is 33.5. The van der Waals surface area contributed by atoms with Gasteiger partial charge >= 0.3 is 6.09 Å². The van der Waals surface area contributed by atoms with Crippen molar-refractivity contribution in [1.82, 2.24) is 9.80 Å². The minimum Gasteiger partial charge on any atom is -0.484 e. The average Bonchev–Trinajstić information content (AvgIpc) is 3.75. The van der Waals surface area contributed by atoms with Crippen LogP contribution in [0.15, 0.2) is 72.3 Å². The Morgan fingerprint density at radius 3 is 2.21 bits per heavy atom. The summed E-state index contributed by atoms with van der Waals surface area (Å²) in [6.07, 6.45) is 1.67. The van der Waals surface area contributed by atoms with Crippen molar-refractivity contribution in [1.29, 1.82) is 0 Å². The fourth-order valence-corrected chi connectivity index (χ4v) is 6.81. The number of ether oxygens (including phenoxy) is 3. The van der Waals surface area contributed by atoms with Crippen LogP contribution in [0.1, 0.15) is 80.2 Å². The number of hydrogen-bond donors (Lipinski definition) is 0. The fraction of sp³-hybridized carbons (Fsp3) is 0.605. The number of likely N-dealkylation sites (N-methyl/N-ethyl adjacent to an activating group) is 1. The third kappa shape index (κ3) is 10.3. The summed E-state index contributed by atoms with van der Waals surface area (Å²) >= 11 is 0. The molecule has 10 heteroatoms. The topological polar surface area (TPSA) is 89.9 Å². The van der Waals surface area contributed by atoms with Gasteiger partial charge in [-0.1, -0.05) is 77.8 Å². The Balaban J connectivity index is 1.93. The summed E-state index contributed by atoms with van der Waals surface area (Å²) < 4.78 is 25.0. The van der Waals surface area contributed by atoms with Gasteiger partial charge in [-0.3, -0.25) is 4.79 Å². The zero-order valence-electron chi connectivity index (χ0n) is 31.3. The number of benzene rings is 1. The highest BCUT2D eigenvalue weighted by Gasteiger charge is 2.55. The Morgan fingerprint density at radius 1 is 1.08 bits per heavy atom. The molecule has 9 nitrogen and oxygen atoms in total. The highest BCUT2D eigenvalue weighted by Crippen LogP contribution is 2.58. The monoisotopic (exact) mass is 681 g/mol. The molecular formula is C38H59N3O6Si. The van der Waals surface area contributed by atoms with E-state index >= 15 is 0 Å². The molecule has 0 N–H and O–H groups in total. The molecular weight excluding hydrogens is 623 g/mol. The van der Waals surface area contributed by atoms with Gasteiger partial charge in [-0.25, -0.2) is 9.79 Å². The van der Waals surface area contributed by atoms with Gasteiger partial charge < -0.3 is 28.4 Å². The first-order chi connectivity index (χ1) is 22.0. The van der Waals surface area contributed by atoms with Crippen molar-refractivity contribution < 1.29 is 28.2 Å². The van der Waals surface area contributed by atoms with Crippen LogP contribution in [0.5, 0.6) is 0 Å². The molecule has 2 fully saturated rings. The lowest BCUT2D eigenvalue weighted by Crippen LogP contribution is -2.55. The van der Waals surface area contributed by atoms with E-state index in [1.54, 1.807) is 18.9 Å². The van der Waals surface area contributed by atoms with Crippen LogP contribution in [0.4, 0.5) is 4.79 Å². The average molecular weight is 682 g/mol. The van der Waals surface area contributed by atoms with E-state index in [0.717, 1.165) is 18.4 Å². The standard InChI is InChI=1S/C38H59N3O6Si/c1-26(2)39-33(45-28(4)32(47-48(13,14)37(9,10)11)24-40(12)35(43)46-36(6,7)8)31-22-38(20-21-38)27(3)23-41(31)34(42)29(5)44-25-30-18-16-15-17-19-30/h15-19,27,31-32H,1,4-5,20-25H2,2-3,6-14H3/t27-,31-,32-/m0/s1. The lowest BCUT2D eigenvalue weighted by atomic mass is 9.79. The van der Waals surface area contributed by atoms with Crippen molar-refractivity contribution >= 4 is 26.2 Å². The maximum Gasteiger partial charge on any atom is 0.410 e. The second-order valence-corrected chi connectivity index (χ2v) is 20.9. The van der Waals surface area contributed by atoms with E-state index in [0.29, 0.717) is 30.3 Å². The lowest BCUT2D eigenvalue weighted by molar-refractivity contribution is -0.135. The van der Waals surface area contributed by atoms with Crippen LogP contribution < -0.4 is 0 Å². The Morgan fingerprint density at radius 2 is 1.69 bits per heavy atom. The van der Waals surface area contributed by atoms with Crippen LogP contribution in [0.2, 0.25) is 18.1 Å². The van der Waals surface area contributed by atoms with Crippen molar-refractivity contribution in [2.75, 3.05) is 20.1 Å². The van der Waals surface area contributed by atoms with Crippen LogP contribution in [0, 0.1) is 11.3 Å². The molecule has 1 saturated carbocycles. The third-order valence-electron chi connectivity index (χ3n) is 9.71. The largest absolute Gasteiger partial charge is 0.484 e. The molecule has 1 spiro atoms. The molecule has 3 atom stereocenters. The molecule has 0 radical (unpaired) electrons. The molecule has 1 aliphatic carbocycles. The predicted molar refractivity (Wildman–Crippen MR) is 195 cm³/mol. The SMILES string of the molecule is C=C(C)N=C(OC(=C)[C@H](CN(C)C(=O)OC(C)(C)C)O[Si](C)(C)C(C)(C)C)[C@@H]1CC2(CC2)[C@@H](C)CN1C(=O)C(=C)OCc1ccccc1. The van der Waals surface area contributed by atoms with Gasteiger partial charge in [0.25, 0.3) is 5.91 Å². The van der Waals surface area contributed by atoms with Gasteiger partial charge in [0.1, 0.15) is 30.1 Å². The van der Waals surface area contributed by atoms with E-state index in [9.17, 15) is 9.59 Å². The van der Waals surface area contributed by atoms with E-state index in [1.165, 1.54) is 4.90 Å². The molecule has 0 bridgehead atoms. The first-order valence-corrected chi connectivity index (χ1v) is 19.9. The van der Waals surface area contributed by atoms with Gasteiger partial charge in [-0.2, -0.15) is 0 Å². The smallest absolute Gasteiger partial charge is 0.410 e. The number of nitrogens with zero attached hydrogens (tertiary/aromatic N) is 3. The molecule has 2 amide bonds. The third-order valence-corrected chi connectivity index (χ3v) is 14.2. The van der Waals surface area contributed by atoms with E-state index in [4.69, 9.17) is 23.6 Å². The Labute approximate surface area is 290 Å². The molecule has 1 aromatic carbocycles. The number of hydrogen-bond acceptors (Lipinski definition) is 7. The summed E-state index contributed by atoms with van der Waals surface area (Å²) in [5.41, 5.74) is 0.917. The quantitative estimate of drug-likeness (QED) is 0.0723. The van der Waals surface area contributed by atoms with Crippen LogP contribution in [0.3, 0.4) is 0 Å². The van der Waals surface area contributed by atoms with Crippen molar-refractivity contribution in [3.63, 3.8) is 0 Å². The minimum absolute atomic E-state index is 0.0643. The van der Waals surface area contributed by atoms with Gasteiger partial charge in [0.05, 0.1) is 6.54 Å². The van der Waals surface area contributed by atoms with Crippen LogP contribution in [-0.2, 0) is 30.0 Å². The molecule has 1 aliphatic heterocycles. The maximum absolute atomic E-state index is 14.0. The number of likely N-dealkylation sites (tertiary alicyclic amines) is 1. The van der Waals surface area contributed by atoms with Crippen molar-refractivity contribution in [2.24, 2.45) is 16.3 Å². The van der Waals surface area contributed by atoms with Gasteiger partial charge in [0, 0.05) is 19.3 Å². The number of piperidine rings is 1. The predicted octanol–water partition coefficient (Wildman–Crippen LogP) is 8.45. The van der Waals surface area contributed by atoms with Crippen molar-refractivity contribution in [3.8, 4) is 0 Å². The maximum atomic E-state index is 14.0. The number of allylic oxidation sites excluding steroid dienone is 1. The first kappa shape index (κ1) is 39.1. The number of rotatable bonds is 12. The molecule has 1 aromatic rings. The number of aliphatic imine (C=N–C) groups is 1. The molecule has 0 unspecified atom stereocenters. The highest BCUT2D eigenvalue weighted by atomic mass is 28.4. The number of carbonyl (C=O) groups excluding carboxylic acids is 2. The van der Waals surface area contributed by atoms with Crippen LogP contribution in [-0.4, -0.2) is 73.9 Å². The van der Waals surface area contributed by atoms with Crippen LogP contribution in [0.25, 0.3) is 0 Å². The molecule has 48 heavy (non-hydrogen) atoms. The van der Waals surface area contributed by atoms with E-state index < -0.39 is 32.2 Å². The summed E-state index contributed by atoms with van der Waals surface area (Å²) in [7, 11) is -0.703. The normalized spacial score (nSPS) is 20.1. The number of carbonyl (C=O) groups is 2. The summed E-state index contributed by atoms with van der Waals surface area (Å²) in [5.74, 6) is 0.657. The summed E-state index contributed by atoms with van der Waals surface area (Å²) in [4.78, 5) is 35.1. The van der Waals surface area contributed by atoms with Crippen molar-refractivity contribution in [2.45, 2.75) is 117 Å². The van der Waals surface area contributed by atoms with Gasteiger partial charge in [-0.15, -0.1) is 0 Å². The molecule has 1 saturated heterocycles. The number of amides is 2. The van der Waals surface area contributed by atoms with E-state index in [2.05, 4.69) is 60.5 Å².